The summed E-state index contributed by atoms with van der Waals surface area (Å²) in [6.45, 7) is 0.883. The Morgan fingerprint density at radius 1 is 0.958 bits per heavy atom. The number of carboxylic acid groups (broad SMARTS) is 1. The normalized spacial score (nSPS) is 49.8. The molecule has 7 N–H and O–H groups in total. The number of aliphatic hydroxyl groups excluding tert-OH is 6. The van der Waals surface area contributed by atoms with Crippen LogP contribution in [0.3, 0.4) is 0 Å². The van der Waals surface area contributed by atoms with Gasteiger partial charge in [0, 0.05) is 0 Å². The first-order chi connectivity index (χ1) is 11.2. The Hall–Kier alpha value is -0.890. The molecule has 2 heterocycles. The van der Waals surface area contributed by atoms with Crippen molar-refractivity contribution in [2.24, 2.45) is 0 Å². The largest absolute Gasteiger partial charge is 0.479 e. The van der Waals surface area contributed by atoms with Crippen LogP contribution in [0, 0.1) is 0 Å². The first-order valence-corrected chi connectivity index (χ1v) is 7.39. The van der Waals surface area contributed by atoms with E-state index in [0.29, 0.717) is 0 Å². The van der Waals surface area contributed by atoms with E-state index in [1.54, 1.807) is 0 Å². The van der Waals surface area contributed by atoms with Crippen molar-refractivity contribution in [1.82, 2.24) is 0 Å². The summed E-state index contributed by atoms with van der Waals surface area (Å²) < 4.78 is 15.5. The number of hydrogen-bond donors (Lipinski definition) is 7. The van der Waals surface area contributed by atoms with E-state index in [0.717, 1.165) is 0 Å². The van der Waals surface area contributed by atoms with E-state index < -0.39 is 73.8 Å². The van der Waals surface area contributed by atoms with Crippen LogP contribution in [-0.4, -0.2) is 110 Å². The van der Waals surface area contributed by atoms with E-state index in [4.69, 9.17) is 19.3 Å². The summed E-state index contributed by atoms with van der Waals surface area (Å²) in [7, 11) is 0. The quantitative estimate of drug-likeness (QED) is 0.259. The van der Waals surface area contributed by atoms with Gasteiger partial charge in [-0.05, 0) is 6.92 Å². The molecular formula is C13H22O11. The maximum absolute atomic E-state index is 11.0. The molecule has 2 fully saturated rings. The molecule has 2 aliphatic rings. The van der Waals surface area contributed by atoms with Gasteiger partial charge in [0.25, 0.3) is 0 Å². The Morgan fingerprint density at radius 3 is 2.12 bits per heavy atom. The highest BCUT2D eigenvalue weighted by Crippen LogP contribution is 2.29. The smallest absolute Gasteiger partial charge is 0.335 e. The van der Waals surface area contributed by atoms with E-state index in [1.165, 1.54) is 6.92 Å². The maximum atomic E-state index is 11.0. The molecule has 0 saturated carbocycles. The lowest BCUT2D eigenvalue weighted by Gasteiger charge is -2.45. The number of ether oxygens (including phenoxy) is 3. The van der Waals surface area contributed by atoms with Gasteiger partial charge in [-0.3, -0.25) is 0 Å². The van der Waals surface area contributed by atoms with Gasteiger partial charge in [0.2, 0.25) is 0 Å². The van der Waals surface area contributed by atoms with Gasteiger partial charge < -0.3 is 50.0 Å². The Bertz CT molecular complexity index is 444. The van der Waals surface area contributed by atoms with Crippen LogP contribution in [0.5, 0.6) is 0 Å². The minimum Gasteiger partial charge on any atom is -0.479 e. The number of aliphatic carboxylic acids is 1. The Balaban J connectivity index is 2.16. The average molecular weight is 354 g/mol. The van der Waals surface area contributed by atoms with Crippen molar-refractivity contribution in [3.05, 3.63) is 0 Å². The van der Waals surface area contributed by atoms with Crippen molar-refractivity contribution >= 4 is 5.97 Å². The van der Waals surface area contributed by atoms with Gasteiger partial charge in [-0.25, -0.2) is 4.79 Å². The zero-order valence-electron chi connectivity index (χ0n) is 12.7. The van der Waals surface area contributed by atoms with E-state index in [1.807, 2.05) is 0 Å². The molecule has 2 rings (SSSR count). The number of carboxylic acids is 1. The molecule has 0 aliphatic carbocycles. The molecule has 0 aromatic heterocycles. The maximum Gasteiger partial charge on any atom is 0.335 e. The molecular weight excluding hydrogens is 332 g/mol. The van der Waals surface area contributed by atoms with Gasteiger partial charge in [0.05, 0.1) is 12.7 Å². The van der Waals surface area contributed by atoms with Crippen LogP contribution in [0.15, 0.2) is 0 Å². The molecule has 11 nitrogen and oxygen atoms in total. The SMILES string of the molecule is C[C@@H]1OC(CO)[C@H](O[C@@H]2OC(C(=O)O)[C@H](O)C(O)C2O)C(O)C1O. The molecule has 0 spiro atoms. The fourth-order valence-corrected chi connectivity index (χ4v) is 2.76. The van der Waals surface area contributed by atoms with Crippen LogP contribution in [0.4, 0.5) is 0 Å². The van der Waals surface area contributed by atoms with Crippen LogP contribution in [0.2, 0.25) is 0 Å². The Morgan fingerprint density at radius 2 is 1.58 bits per heavy atom. The molecule has 0 bridgehead atoms. The van der Waals surface area contributed by atoms with Crippen LogP contribution in [-0.2, 0) is 19.0 Å². The van der Waals surface area contributed by atoms with Gasteiger partial charge in [-0.15, -0.1) is 0 Å². The first kappa shape index (κ1) is 19.4. The molecule has 2 aliphatic heterocycles. The summed E-state index contributed by atoms with van der Waals surface area (Å²) in [5.41, 5.74) is 0. The summed E-state index contributed by atoms with van der Waals surface area (Å²) in [6.07, 6.45) is -15.3. The van der Waals surface area contributed by atoms with Gasteiger partial charge in [0.1, 0.15) is 42.7 Å². The van der Waals surface area contributed by atoms with Crippen LogP contribution < -0.4 is 0 Å². The van der Waals surface area contributed by atoms with Gasteiger partial charge in [-0.1, -0.05) is 0 Å². The predicted molar refractivity (Wildman–Crippen MR) is 72.6 cm³/mol. The predicted octanol–water partition coefficient (Wildman–Crippen LogP) is -4.23. The first-order valence-electron chi connectivity index (χ1n) is 7.39. The van der Waals surface area contributed by atoms with Crippen molar-refractivity contribution < 1.29 is 54.8 Å². The number of hydrogen-bond acceptors (Lipinski definition) is 10. The molecule has 0 radical (unpaired) electrons. The summed E-state index contributed by atoms with van der Waals surface area (Å²) >= 11 is 0. The third-order valence-electron chi connectivity index (χ3n) is 4.21. The van der Waals surface area contributed by atoms with Crippen molar-refractivity contribution in [3.8, 4) is 0 Å². The molecule has 0 aromatic carbocycles. The number of carbonyl (C=O) groups is 1. The van der Waals surface area contributed by atoms with Crippen molar-refractivity contribution in [3.63, 3.8) is 0 Å². The molecule has 10 atom stereocenters. The molecule has 11 heteroatoms. The Labute approximate surface area is 136 Å². The number of rotatable bonds is 4. The van der Waals surface area contributed by atoms with E-state index >= 15 is 0 Å². The molecule has 2 saturated heterocycles. The zero-order chi connectivity index (χ0) is 18.2. The van der Waals surface area contributed by atoms with Crippen molar-refractivity contribution in [2.45, 2.75) is 68.1 Å². The third-order valence-corrected chi connectivity index (χ3v) is 4.21. The van der Waals surface area contributed by atoms with Crippen LogP contribution in [0.25, 0.3) is 0 Å². The van der Waals surface area contributed by atoms with Crippen LogP contribution in [0.1, 0.15) is 6.92 Å². The minimum absolute atomic E-state index is 0.588. The number of aliphatic hydroxyl groups is 6. The highest BCUT2D eigenvalue weighted by molar-refractivity contribution is 5.73. The summed E-state index contributed by atoms with van der Waals surface area (Å²) in [5.74, 6) is -1.59. The second-order valence-electron chi connectivity index (χ2n) is 5.88. The zero-order valence-corrected chi connectivity index (χ0v) is 12.7. The molecule has 0 aromatic rings. The van der Waals surface area contributed by atoms with E-state index in [9.17, 15) is 35.4 Å². The lowest BCUT2D eigenvalue weighted by atomic mass is 9.95. The molecule has 140 valence electrons. The topological polar surface area (TPSA) is 186 Å². The minimum atomic E-state index is -1.89. The van der Waals surface area contributed by atoms with E-state index in [-0.39, 0.29) is 0 Å². The molecule has 0 amide bonds. The van der Waals surface area contributed by atoms with Gasteiger partial charge in [0.15, 0.2) is 12.4 Å². The van der Waals surface area contributed by atoms with E-state index in [2.05, 4.69) is 0 Å². The lowest BCUT2D eigenvalue weighted by molar-refractivity contribution is -0.335. The van der Waals surface area contributed by atoms with Crippen molar-refractivity contribution in [1.29, 1.82) is 0 Å². The van der Waals surface area contributed by atoms with Gasteiger partial charge in [-0.2, -0.15) is 0 Å². The summed E-state index contributed by atoms with van der Waals surface area (Å²) in [5, 5.41) is 67.5. The van der Waals surface area contributed by atoms with Gasteiger partial charge >= 0.3 is 5.97 Å². The molecule has 6 unspecified atom stereocenters. The average Bonchev–Trinajstić information content (AvgIpc) is 2.54. The summed E-state index contributed by atoms with van der Waals surface area (Å²) in [4.78, 5) is 11.0. The highest BCUT2D eigenvalue weighted by atomic mass is 16.7. The summed E-state index contributed by atoms with van der Waals surface area (Å²) in [6, 6.07) is 0. The van der Waals surface area contributed by atoms with Crippen molar-refractivity contribution in [2.75, 3.05) is 6.61 Å². The third kappa shape index (κ3) is 3.54. The highest BCUT2D eigenvalue weighted by Gasteiger charge is 2.51. The standard InChI is InChI=1S/C13H22O11/c1-3-5(15)7(17)10(4(2-14)22-3)23-13-9(19)6(16)8(18)11(24-13)12(20)21/h3-11,13-19H,2H2,1H3,(H,20,21)/t3-,4?,5?,6?,7?,8+,9?,10-,11?,13+/m0/s1. The second-order valence-corrected chi connectivity index (χ2v) is 5.88. The van der Waals surface area contributed by atoms with Crippen LogP contribution >= 0.6 is 0 Å². The second kappa shape index (κ2) is 7.56. The molecule has 24 heavy (non-hydrogen) atoms. The monoisotopic (exact) mass is 354 g/mol. The fourth-order valence-electron chi connectivity index (χ4n) is 2.76. The fraction of sp³-hybridized carbons (Fsp3) is 0.923. The lowest BCUT2D eigenvalue weighted by Crippen LogP contribution is -2.64. The Kier molecular flexibility index (Phi) is 6.12.